The highest BCUT2D eigenvalue weighted by Crippen LogP contribution is 2.27. The molecular weight excluding hydrogens is 266 g/mol. The van der Waals surface area contributed by atoms with Crippen LogP contribution in [0.2, 0.25) is 5.02 Å². The molecule has 0 aromatic heterocycles. The molecule has 1 unspecified atom stereocenters. The maximum atomic E-state index is 9.76. The van der Waals surface area contributed by atoms with E-state index in [9.17, 15) is 5.11 Å². The molecule has 1 atom stereocenters. The number of ether oxygens (including phenoxy) is 2. The number of halogens is 1. The van der Waals surface area contributed by atoms with E-state index in [0.717, 1.165) is 5.69 Å². The second-order valence-corrected chi connectivity index (χ2v) is 5.22. The van der Waals surface area contributed by atoms with Gasteiger partial charge in [0, 0.05) is 24.9 Å². The summed E-state index contributed by atoms with van der Waals surface area (Å²) in [7, 11) is 1.57. The minimum atomic E-state index is -0.541. The van der Waals surface area contributed by atoms with Gasteiger partial charge in [-0.15, -0.1) is 0 Å². The Kier molecular flexibility index (Phi) is 6.99. The van der Waals surface area contributed by atoms with Crippen LogP contribution in [-0.4, -0.2) is 38.1 Å². The minimum absolute atomic E-state index is 0.329. The van der Waals surface area contributed by atoms with Crippen LogP contribution in [0, 0.1) is 5.92 Å². The van der Waals surface area contributed by atoms with Gasteiger partial charge in [-0.1, -0.05) is 25.4 Å². The lowest BCUT2D eigenvalue weighted by atomic mass is 10.2. The molecule has 108 valence electrons. The van der Waals surface area contributed by atoms with Crippen LogP contribution in [0.3, 0.4) is 0 Å². The number of rotatable bonds is 8. The van der Waals surface area contributed by atoms with Crippen LogP contribution in [0.25, 0.3) is 0 Å². The van der Waals surface area contributed by atoms with Crippen LogP contribution in [-0.2, 0) is 4.74 Å². The molecule has 19 heavy (non-hydrogen) atoms. The van der Waals surface area contributed by atoms with E-state index in [1.54, 1.807) is 19.2 Å². The van der Waals surface area contributed by atoms with Crippen LogP contribution in [0.1, 0.15) is 13.8 Å². The molecule has 0 fully saturated rings. The van der Waals surface area contributed by atoms with Crippen molar-refractivity contribution in [3.63, 3.8) is 0 Å². The fourth-order valence-electron chi connectivity index (χ4n) is 1.50. The number of anilines is 1. The Labute approximate surface area is 119 Å². The topological polar surface area (TPSA) is 50.7 Å². The lowest BCUT2D eigenvalue weighted by molar-refractivity contribution is 0.0318. The number of benzene rings is 1. The molecule has 0 bridgehead atoms. The van der Waals surface area contributed by atoms with Crippen LogP contribution >= 0.6 is 11.6 Å². The molecular formula is C14H22ClNO3. The number of nitrogens with one attached hydrogen (secondary N) is 1. The predicted molar refractivity (Wildman–Crippen MR) is 78.2 cm³/mol. The number of hydrogen-bond acceptors (Lipinski definition) is 4. The molecule has 5 heteroatoms. The summed E-state index contributed by atoms with van der Waals surface area (Å²) in [5.41, 5.74) is 0.851. The highest BCUT2D eigenvalue weighted by atomic mass is 35.5. The van der Waals surface area contributed by atoms with Gasteiger partial charge < -0.3 is 19.9 Å². The SMILES string of the molecule is COc1cc(NCC(O)COCC(C)C)ccc1Cl. The fourth-order valence-corrected chi connectivity index (χ4v) is 1.70. The molecule has 0 saturated heterocycles. The average molecular weight is 288 g/mol. The Hall–Kier alpha value is -0.970. The fraction of sp³-hybridized carbons (Fsp3) is 0.571. The summed E-state index contributed by atoms with van der Waals surface area (Å²) < 4.78 is 10.5. The van der Waals surface area contributed by atoms with Gasteiger partial charge in [0.2, 0.25) is 0 Å². The lowest BCUT2D eigenvalue weighted by Gasteiger charge is -2.15. The van der Waals surface area contributed by atoms with E-state index in [-0.39, 0.29) is 0 Å². The van der Waals surface area contributed by atoms with E-state index in [1.165, 1.54) is 0 Å². The van der Waals surface area contributed by atoms with E-state index in [4.69, 9.17) is 21.1 Å². The van der Waals surface area contributed by atoms with E-state index < -0.39 is 6.10 Å². The van der Waals surface area contributed by atoms with E-state index in [0.29, 0.717) is 36.4 Å². The van der Waals surface area contributed by atoms with Gasteiger partial charge in [0.05, 0.1) is 24.8 Å². The molecule has 0 aliphatic heterocycles. The third-order valence-corrected chi connectivity index (χ3v) is 2.77. The molecule has 0 radical (unpaired) electrons. The van der Waals surface area contributed by atoms with Gasteiger partial charge in [-0.2, -0.15) is 0 Å². The maximum Gasteiger partial charge on any atom is 0.139 e. The standard InChI is InChI=1S/C14H22ClNO3/c1-10(2)8-19-9-12(17)7-16-11-4-5-13(15)14(6-11)18-3/h4-6,10,12,16-17H,7-9H2,1-3H3. The lowest BCUT2D eigenvalue weighted by Crippen LogP contribution is -2.25. The zero-order valence-corrected chi connectivity index (χ0v) is 12.4. The molecule has 0 heterocycles. The largest absolute Gasteiger partial charge is 0.495 e. The predicted octanol–water partition coefficient (Wildman–Crippen LogP) is 2.79. The minimum Gasteiger partial charge on any atom is -0.495 e. The van der Waals surface area contributed by atoms with Crippen molar-refractivity contribution in [1.29, 1.82) is 0 Å². The van der Waals surface area contributed by atoms with Crippen LogP contribution in [0.15, 0.2) is 18.2 Å². The van der Waals surface area contributed by atoms with Gasteiger partial charge in [0.1, 0.15) is 5.75 Å². The number of hydrogen-bond donors (Lipinski definition) is 2. The molecule has 0 aliphatic carbocycles. The van der Waals surface area contributed by atoms with Gasteiger partial charge in [-0.25, -0.2) is 0 Å². The number of aliphatic hydroxyl groups excluding tert-OH is 1. The first-order valence-electron chi connectivity index (χ1n) is 6.36. The zero-order valence-electron chi connectivity index (χ0n) is 11.6. The van der Waals surface area contributed by atoms with Crippen molar-refractivity contribution in [1.82, 2.24) is 0 Å². The normalized spacial score (nSPS) is 12.5. The maximum absolute atomic E-state index is 9.76. The first-order chi connectivity index (χ1) is 9.02. The zero-order chi connectivity index (χ0) is 14.3. The van der Waals surface area contributed by atoms with E-state index in [2.05, 4.69) is 19.2 Å². The summed E-state index contributed by atoms with van der Waals surface area (Å²) in [6.45, 7) is 5.56. The van der Waals surface area contributed by atoms with Gasteiger partial charge in [0.15, 0.2) is 0 Å². The van der Waals surface area contributed by atoms with Crippen molar-refractivity contribution in [3.05, 3.63) is 23.2 Å². The molecule has 0 amide bonds. The Morgan fingerprint density at radius 1 is 1.32 bits per heavy atom. The summed E-state index contributed by atoms with van der Waals surface area (Å²) in [4.78, 5) is 0. The second-order valence-electron chi connectivity index (χ2n) is 4.82. The molecule has 1 aromatic carbocycles. The summed E-state index contributed by atoms with van der Waals surface area (Å²) >= 11 is 5.94. The Morgan fingerprint density at radius 3 is 2.68 bits per heavy atom. The monoisotopic (exact) mass is 287 g/mol. The number of aliphatic hydroxyl groups is 1. The average Bonchev–Trinajstić information content (AvgIpc) is 2.37. The van der Waals surface area contributed by atoms with Crippen LogP contribution in [0.5, 0.6) is 5.75 Å². The van der Waals surface area contributed by atoms with Crippen molar-refractivity contribution < 1.29 is 14.6 Å². The summed E-state index contributed by atoms with van der Waals surface area (Å²) in [6.07, 6.45) is -0.541. The highest BCUT2D eigenvalue weighted by Gasteiger charge is 2.06. The van der Waals surface area contributed by atoms with E-state index in [1.807, 2.05) is 6.07 Å². The van der Waals surface area contributed by atoms with Crippen LogP contribution in [0.4, 0.5) is 5.69 Å². The van der Waals surface area contributed by atoms with Crippen molar-refractivity contribution >= 4 is 17.3 Å². The first-order valence-corrected chi connectivity index (χ1v) is 6.74. The summed E-state index contributed by atoms with van der Waals surface area (Å²) in [5.74, 6) is 1.08. The van der Waals surface area contributed by atoms with Gasteiger partial charge in [0.25, 0.3) is 0 Å². The highest BCUT2D eigenvalue weighted by molar-refractivity contribution is 6.32. The Morgan fingerprint density at radius 2 is 2.05 bits per heavy atom. The quantitative estimate of drug-likeness (QED) is 0.772. The molecule has 0 spiro atoms. The molecule has 0 saturated carbocycles. The van der Waals surface area contributed by atoms with Crippen molar-refractivity contribution in [2.75, 3.05) is 32.2 Å². The summed E-state index contributed by atoms with van der Waals surface area (Å²) in [6, 6.07) is 5.39. The summed E-state index contributed by atoms with van der Waals surface area (Å²) in [5, 5.41) is 13.4. The van der Waals surface area contributed by atoms with Gasteiger partial charge in [-0.05, 0) is 18.1 Å². The molecule has 1 aromatic rings. The third kappa shape index (κ3) is 6.14. The van der Waals surface area contributed by atoms with Crippen LogP contribution < -0.4 is 10.1 Å². The Bertz CT molecular complexity index is 385. The second kappa shape index (κ2) is 8.25. The number of methoxy groups -OCH3 is 1. The Balaban J connectivity index is 2.35. The molecule has 0 aliphatic rings. The molecule has 2 N–H and O–H groups in total. The smallest absolute Gasteiger partial charge is 0.139 e. The van der Waals surface area contributed by atoms with Crippen molar-refractivity contribution in [2.24, 2.45) is 5.92 Å². The third-order valence-electron chi connectivity index (χ3n) is 2.45. The van der Waals surface area contributed by atoms with E-state index >= 15 is 0 Å². The first kappa shape index (κ1) is 16.1. The van der Waals surface area contributed by atoms with Gasteiger partial charge >= 0.3 is 0 Å². The van der Waals surface area contributed by atoms with Crippen molar-refractivity contribution in [3.8, 4) is 5.75 Å². The van der Waals surface area contributed by atoms with Crippen molar-refractivity contribution in [2.45, 2.75) is 20.0 Å². The van der Waals surface area contributed by atoms with Gasteiger partial charge in [-0.3, -0.25) is 0 Å². The molecule has 4 nitrogen and oxygen atoms in total. The molecule has 1 rings (SSSR count).